The molecule has 0 saturated carbocycles. The largest absolute Gasteiger partial charge is 0.480 e. The molecule has 0 heterocycles. The van der Waals surface area contributed by atoms with Gasteiger partial charge in [0.05, 0.1) is 6.04 Å². The predicted molar refractivity (Wildman–Crippen MR) is 164 cm³/mol. The Morgan fingerprint density at radius 3 is 0.791 bits per heavy atom. The summed E-state index contributed by atoms with van der Waals surface area (Å²) in [4.78, 5) is 77.2. The molecule has 0 fully saturated rings. The molecule has 248 valence electrons. The van der Waals surface area contributed by atoms with E-state index < -0.39 is 77.7 Å². The summed E-state index contributed by atoms with van der Waals surface area (Å²) in [6.07, 6.45) is 0. The lowest BCUT2D eigenvalue weighted by Gasteiger charge is -2.31. The normalized spacial score (nSPS) is 16.0. The van der Waals surface area contributed by atoms with Crippen LogP contribution in [0.4, 0.5) is 0 Å². The lowest BCUT2D eigenvalue weighted by molar-refractivity contribution is -0.144. The number of nitrogens with two attached hydrogens (primary N) is 1. The quantitative estimate of drug-likeness (QED) is 0.124. The van der Waals surface area contributed by atoms with Crippen molar-refractivity contribution in [2.45, 2.75) is 119 Å². The number of nitrogens with one attached hydrogen (secondary N) is 5. The van der Waals surface area contributed by atoms with Crippen molar-refractivity contribution in [1.82, 2.24) is 26.6 Å². The first-order chi connectivity index (χ1) is 19.6. The van der Waals surface area contributed by atoms with Gasteiger partial charge in [-0.3, -0.25) is 24.0 Å². The molecule has 0 unspecified atom stereocenters. The van der Waals surface area contributed by atoms with Crippen molar-refractivity contribution < 1.29 is 33.9 Å². The van der Waals surface area contributed by atoms with E-state index in [9.17, 15) is 33.9 Å². The van der Waals surface area contributed by atoms with Crippen LogP contribution in [-0.4, -0.2) is 76.9 Å². The standard InChI is InChI=1S/C30H56N6O7/c1-13(2)19(31)25(37)32-20(14(3)4)26(38)33-21(15(5)6)27(39)34-22(16(7)8)28(40)35-23(17(9)10)29(41)36-24(18(11)12)30(42)43/h13-24H,31H2,1-12H3,(H,32,37)(H,33,38)(H,34,39)(H,35,40)(H,36,41)(H,42,43)/t19-,20-,21-,22-,23-,24-/m1/s1. The molecule has 43 heavy (non-hydrogen) atoms. The molecule has 0 radical (unpaired) electrons. The first kappa shape index (κ1) is 39.8. The molecule has 0 aliphatic carbocycles. The summed E-state index contributed by atoms with van der Waals surface area (Å²) >= 11 is 0. The van der Waals surface area contributed by atoms with E-state index in [2.05, 4.69) is 26.6 Å². The number of carboxylic acid groups (broad SMARTS) is 1. The zero-order valence-corrected chi connectivity index (χ0v) is 27.9. The van der Waals surface area contributed by atoms with E-state index in [4.69, 9.17) is 5.73 Å². The number of carbonyl (C=O) groups is 6. The molecule has 13 heteroatoms. The maximum atomic E-state index is 13.4. The van der Waals surface area contributed by atoms with Crippen molar-refractivity contribution in [2.24, 2.45) is 41.2 Å². The highest BCUT2D eigenvalue weighted by Crippen LogP contribution is 2.12. The third kappa shape index (κ3) is 12.5. The molecule has 0 aliphatic rings. The van der Waals surface area contributed by atoms with Crippen LogP contribution in [0.2, 0.25) is 0 Å². The fraction of sp³-hybridized carbons (Fsp3) is 0.800. The minimum Gasteiger partial charge on any atom is -0.480 e. The van der Waals surface area contributed by atoms with Gasteiger partial charge in [-0.25, -0.2) is 4.79 Å². The maximum absolute atomic E-state index is 13.4. The van der Waals surface area contributed by atoms with Crippen molar-refractivity contribution in [3.8, 4) is 0 Å². The van der Waals surface area contributed by atoms with Gasteiger partial charge in [-0.1, -0.05) is 83.1 Å². The van der Waals surface area contributed by atoms with Gasteiger partial charge in [0, 0.05) is 0 Å². The maximum Gasteiger partial charge on any atom is 0.326 e. The van der Waals surface area contributed by atoms with Gasteiger partial charge in [-0.2, -0.15) is 0 Å². The molecule has 5 amide bonds. The molecule has 0 spiro atoms. The minimum atomic E-state index is -1.19. The van der Waals surface area contributed by atoms with Gasteiger partial charge in [0.2, 0.25) is 29.5 Å². The van der Waals surface area contributed by atoms with Crippen LogP contribution in [0, 0.1) is 35.5 Å². The number of carboxylic acids is 1. The van der Waals surface area contributed by atoms with Gasteiger partial charge >= 0.3 is 5.97 Å². The van der Waals surface area contributed by atoms with E-state index in [1.807, 2.05) is 0 Å². The summed E-state index contributed by atoms with van der Waals surface area (Å²) < 4.78 is 0. The van der Waals surface area contributed by atoms with E-state index in [-0.39, 0.29) is 29.6 Å². The summed E-state index contributed by atoms with van der Waals surface area (Å²) in [6.45, 7) is 20.8. The first-order valence-electron chi connectivity index (χ1n) is 15.1. The lowest BCUT2D eigenvalue weighted by Crippen LogP contribution is -2.62. The first-order valence-corrected chi connectivity index (χ1v) is 15.1. The summed E-state index contributed by atoms with van der Waals surface area (Å²) in [5, 5.41) is 22.7. The Balaban J connectivity index is 5.85. The molecular weight excluding hydrogens is 556 g/mol. The SMILES string of the molecule is CC(C)[C@@H](N)C(=O)N[C@@H](C(=O)N[C@@H](C(=O)N[C@@H](C(=O)N[C@@H](C(=O)N[C@@H](C(=O)O)C(C)C)C(C)C)C(C)C)C(C)C)C(C)C. The fourth-order valence-corrected chi connectivity index (χ4v) is 4.18. The van der Waals surface area contributed by atoms with Gasteiger partial charge in [0.15, 0.2) is 0 Å². The van der Waals surface area contributed by atoms with Crippen LogP contribution in [-0.2, 0) is 28.8 Å². The Hall–Kier alpha value is -3.22. The summed E-state index contributed by atoms with van der Waals surface area (Å²) in [6, 6.07) is -6.04. The number of hydrogen-bond donors (Lipinski definition) is 7. The zero-order valence-electron chi connectivity index (χ0n) is 27.9. The van der Waals surface area contributed by atoms with Crippen LogP contribution < -0.4 is 32.3 Å². The Kier molecular flexibility index (Phi) is 16.5. The topological polar surface area (TPSA) is 209 Å². The van der Waals surface area contributed by atoms with E-state index >= 15 is 0 Å². The second kappa shape index (κ2) is 17.8. The third-order valence-electron chi connectivity index (χ3n) is 7.24. The average molecular weight is 613 g/mol. The molecule has 0 aromatic carbocycles. The molecule has 6 atom stereocenters. The monoisotopic (exact) mass is 612 g/mol. The Morgan fingerprint density at radius 1 is 0.395 bits per heavy atom. The summed E-state index contributed by atoms with van der Waals surface area (Å²) in [5.74, 6) is -6.09. The van der Waals surface area contributed by atoms with Gasteiger partial charge < -0.3 is 37.4 Å². The van der Waals surface area contributed by atoms with Crippen molar-refractivity contribution in [3.05, 3.63) is 0 Å². The molecule has 0 aromatic heterocycles. The van der Waals surface area contributed by atoms with Crippen molar-refractivity contribution >= 4 is 35.5 Å². The van der Waals surface area contributed by atoms with Crippen LogP contribution in [0.1, 0.15) is 83.1 Å². The molecule has 0 saturated heterocycles. The van der Waals surface area contributed by atoms with Crippen LogP contribution >= 0.6 is 0 Å². The van der Waals surface area contributed by atoms with Gasteiger partial charge in [0.1, 0.15) is 30.2 Å². The number of amides is 5. The number of rotatable bonds is 17. The zero-order chi connectivity index (χ0) is 33.9. The number of hydrogen-bond acceptors (Lipinski definition) is 7. The third-order valence-corrected chi connectivity index (χ3v) is 7.24. The highest BCUT2D eigenvalue weighted by atomic mass is 16.4. The molecule has 8 N–H and O–H groups in total. The fourth-order valence-electron chi connectivity index (χ4n) is 4.18. The average Bonchev–Trinajstić information content (AvgIpc) is 2.87. The Bertz CT molecular complexity index is 980. The van der Waals surface area contributed by atoms with Crippen molar-refractivity contribution in [3.63, 3.8) is 0 Å². The lowest BCUT2D eigenvalue weighted by atomic mass is 9.96. The van der Waals surface area contributed by atoms with Crippen molar-refractivity contribution in [2.75, 3.05) is 0 Å². The van der Waals surface area contributed by atoms with Crippen LogP contribution in [0.15, 0.2) is 0 Å². The van der Waals surface area contributed by atoms with E-state index in [0.717, 1.165) is 0 Å². The molecule has 0 bridgehead atoms. The molecule has 0 aliphatic heterocycles. The van der Waals surface area contributed by atoms with E-state index in [1.54, 1.807) is 83.1 Å². The number of aliphatic carboxylic acids is 1. The van der Waals surface area contributed by atoms with E-state index in [1.165, 1.54) is 0 Å². The molecule has 0 rings (SSSR count). The Labute approximate surface area is 256 Å². The highest BCUT2D eigenvalue weighted by Gasteiger charge is 2.36. The van der Waals surface area contributed by atoms with Crippen molar-refractivity contribution in [1.29, 1.82) is 0 Å². The van der Waals surface area contributed by atoms with Crippen LogP contribution in [0.3, 0.4) is 0 Å². The van der Waals surface area contributed by atoms with Gasteiger partial charge in [-0.05, 0) is 35.5 Å². The predicted octanol–water partition coefficient (Wildman–Crippen LogP) is 0.758. The molecule has 0 aromatic rings. The summed E-state index contributed by atoms with van der Waals surface area (Å²) in [5.41, 5.74) is 5.94. The summed E-state index contributed by atoms with van der Waals surface area (Å²) in [7, 11) is 0. The van der Waals surface area contributed by atoms with E-state index in [0.29, 0.717) is 0 Å². The minimum absolute atomic E-state index is 0.139. The second-order valence-electron chi connectivity index (χ2n) is 13.3. The van der Waals surface area contributed by atoms with Gasteiger partial charge in [-0.15, -0.1) is 0 Å². The molecule has 13 nitrogen and oxygen atoms in total. The van der Waals surface area contributed by atoms with Crippen LogP contribution in [0.5, 0.6) is 0 Å². The second-order valence-corrected chi connectivity index (χ2v) is 13.3. The van der Waals surface area contributed by atoms with Crippen LogP contribution in [0.25, 0.3) is 0 Å². The smallest absolute Gasteiger partial charge is 0.326 e. The Morgan fingerprint density at radius 2 is 0.605 bits per heavy atom. The molecular formula is C30H56N6O7. The number of carbonyl (C=O) groups excluding carboxylic acids is 5. The highest BCUT2D eigenvalue weighted by molar-refractivity contribution is 5.96. The van der Waals surface area contributed by atoms with Gasteiger partial charge in [0.25, 0.3) is 0 Å².